The van der Waals surface area contributed by atoms with Crippen molar-refractivity contribution in [2.75, 3.05) is 19.0 Å². The van der Waals surface area contributed by atoms with Crippen LogP contribution in [0.5, 0.6) is 11.5 Å². The van der Waals surface area contributed by atoms with Crippen LogP contribution in [0.4, 0.5) is 0 Å². The van der Waals surface area contributed by atoms with E-state index in [-0.39, 0.29) is 0 Å². The first-order valence-electron chi connectivity index (χ1n) is 7.50. The van der Waals surface area contributed by atoms with E-state index in [9.17, 15) is 4.55 Å². The summed E-state index contributed by atoms with van der Waals surface area (Å²) in [5.41, 5.74) is 1.04. The Kier molecular flexibility index (Phi) is 6.62. The highest BCUT2D eigenvalue weighted by Crippen LogP contribution is 2.23. The van der Waals surface area contributed by atoms with Crippen LogP contribution in [0.15, 0.2) is 53.4 Å². The van der Waals surface area contributed by atoms with Crippen molar-refractivity contribution in [1.82, 2.24) is 0 Å². The molecule has 0 aliphatic rings. The van der Waals surface area contributed by atoms with E-state index < -0.39 is 11.2 Å². The van der Waals surface area contributed by atoms with Gasteiger partial charge >= 0.3 is 0 Å². The normalized spacial score (nSPS) is 12.0. The fourth-order valence-electron chi connectivity index (χ4n) is 2.05. The van der Waals surface area contributed by atoms with Gasteiger partial charge in [0.2, 0.25) is 0 Å². The van der Waals surface area contributed by atoms with Crippen LogP contribution >= 0.6 is 0 Å². The van der Waals surface area contributed by atoms with E-state index in [0.717, 1.165) is 28.4 Å². The molecule has 2 aromatic carbocycles. The molecule has 0 aliphatic heterocycles. The molecule has 2 aromatic rings. The third-order valence-electron chi connectivity index (χ3n) is 3.16. The molecular weight excluding hydrogens is 296 g/mol. The van der Waals surface area contributed by atoms with E-state index in [1.165, 1.54) is 0 Å². The average molecular weight is 318 g/mol. The molecule has 3 nitrogen and oxygen atoms in total. The smallest absolute Gasteiger partial charge is 0.159 e. The second-order valence-corrected chi connectivity index (χ2v) is 6.53. The van der Waals surface area contributed by atoms with Gasteiger partial charge in [0.25, 0.3) is 0 Å². The van der Waals surface area contributed by atoms with Gasteiger partial charge in [-0.2, -0.15) is 0 Å². The number of para-hydroxylation sites is 1. The van der Waals surface area contributed by atoms with E-state index in [1.807, 2.05) is 62.4 Å². The Morgan fingerprint density at radius 2 is 1.64 bits per heavy atom. The lowest BCUT2D eigenvalue weighted by Gasteiger charge is -2.14. The monoisotopic (exact) mass is 318 g/mol. The lowest BCUT2D eigenvalue weighted by atomic mass is 10.2. The van der Waals surface area contributed by atoms with Crippen molar-refractivity contribution in [2.45, 2.75) is 25.2 Å². The molecule has 0 N–H and O–H groups in total. The summed E-state index contributed by atoms with van der Waals surface area (Å²) in [4.78, 5) is 0.864. The topological polar surface area (TPSA) is 41.5 Å². The molecule has 0 saturated carbocycles. The Labute approximate surface area is 135 Å². The number of hydrogen-bond donors (Lipinski definition) is 0. The Balaban J connectivity index is 1.86. The van der Waals surface area contributed by atoms with Crippen LogP contribution in [-0.2, 0) is 11.2 Å². The molecule has 0 saturated heterocycles. The predicted molar refractivity (Wildman–Crippen MR) is 90.2 cm³/mol. The maximum atomic E-state index is 12.2. The van der Waals surface area contributed by atoms with Crippen molar-refractivity contribution in [3.05, 3.63) is 54.1 Å². The summed E-state index contributed by atoms with van der Waals surface area (Å²) in [6.45, 7) is 4.95. The lowest BCUT2D eigenvalue weighted by molar-refractivity contribution is 0.217. The lowest BCUT2D eigenvalue weighted by Crippen LogP contribution is -2.11. The van der Waals surface area contributed by atoms with Crippen molar-refractivity contribution < 1.29 is 14.0 Å². The van der Waals surface area contributed by atoms with Crippen molar-refractivity contribution in [1.29, 1.82) is 0 Å². The molecule has 0 heterocycles. The summed E-state index contributed by atoms with van der Waals surface area (Å²) in [6, 6.07) is 15.4. The average Bonchev–Trinajstić information content (AvgIpc) is 2.54. The van der Waals surface area contributed by atoms with Crippen LogP contribution in [0, 0.1) is 6.92 Å². The summed E-state index contributed by atoms with van der Waals surface area (Å²) < 4.78 is 23.4. The van der Waals surface area contributed by atoms with Crippen LogP contribution in [0.1, 0.15) is 18.9 Å². The minimum absolute atomic E-state index is 0.456. The molecule has 0 aromatic heterocycles. The maximum Gasteiger partial charge on any atom is 0.159 e. The number of rotatable bonds is 8. The fraction of sp³-hybridized carbons (Fsp3) is 0.333. The van der Waals surface area contributed by atoms with Crippen molar-refractivity contribution in [2.24, 2.45) is 0 Å². The fourth-order valence-corrected chi connectivity index (χ4v) is 3.31. The molecule has 0 aliphatic carbocycles. The van der Waals surface area contributed by atoms with Gasteiger partial charge in [0.1, 0.15) is 30.5 Å². The zero-order valence-electron chi connectivity index (χ0n) is 13.1. The van der Waals surface area contributed by atoms with Gasteiger partial charge in [0.05, 0.1) is 0 Å². The van der Waals surface area contributed by atoms with Gasteiger partial charge in [-0.1, -0.05) is 31.2 Å². The zero-order valence-corrected chi connectivity index (χ0v) is 13.9. The first-order valence-corrected chi connectivity index (χ1v) is 8.82. The molecule has 22 heavy (non-hydrogen) atoms. The molecule has 0 bridgehead atoms. The van der Waals surface area contributed by atoms with Crippen molar-refractivity contribution in [3.8, 4) is 11.5 Å². The van der Waals surface area contributed by atoms with E-state index >= 15 is 0 Å². The summed E-state index contributed by atoms with van der Waals surface area (Å²) in [5, 5.41) is 0. The minimum atomic E-state index is -0.954. The Hall–Kier alpha value is -1.65. The summed E-state index contributed by atoms with van der Waals surface area (Å²) >= 11 is -0.954. The van der Waals surface area contributed by atoms with Gasteiger partial charge in [-0.05, 0) is 42.7 Å². The quantitative estimate of drug-likeness (QED) is 0.546. The Morgan fingerprint density at radius 3 is 2.32 bits per heavy atom. The van der Waals surface area contributed by atoms with Gasteiger partial charge in [0.15, 0.2) is 4.90 Å². The van der Waals surface area contributed by atoms with E-state index in [4.69, 9.17) is 9.47 Å². The number of benzene rings is 2. The molecule has 0 amide bonds. The summed E-state index contributed by atoms with van der Waals surface area (Å²) in [5.74, 6) is 2.25. The third kappa shape index (κ3) is 4.97. The first kappa shape index (κ1) is 16.7. The van der Waals surface area contributed by atoms with Crippen LogP contribution in [-0.4, -0.2) is 23.5 Å². The van der Waals surface area contributed by atoms with Crippen LogP contribution in [0.25, 0.3) is 0 Å². The largest absolute Gasteiger partial charge is 0.611 e. The molecule has 1 unspecified atom stereocenters. The highest BCUT2D eigenvalue weighted by molar-refractivity contribution is 7.91. The molecule has 118 valence electrons. The third-order valence-corrected chi connectivity index (χ3v) is 4.87. The van der Waals surface area contributed by atoms with Crippen molar-refractivity contribution >= 4 is 11.2 Å². The van der Waals surface area contributed by atoms with Crippen LogP contribution < -0.4 is 9.47 Å². The Morgan fingerprint density at radius 1 is 0.955 bits per heavy atom. The minimum Gasteiger partial charge on any atom is -0.611 e. The van der Waals surface area contributed by atoms with Gasteiger partial charge in [-0.3, -0.25) is 0 Å². The second kappa shape index (κ2) is 8.71. The van der Waals surface area contributed by atoms with Crippen LogP contribution in [0.3, 0.4) is 0 Å². The van der Waals surface area contributed by atoms with E-state index in [1.54, 1.807) is 0 Å². The molecule has 0 radical (unpaired) electrons. The first-order chi connectivity index (χ1) is 10.7. The van der Waals surface area contributed by atoms with Crippen LogP contribution in [0.2, 0.25) is 0 Å². The highest BCUT2D eigenvalue weighted by atomic mass is 32.2. The molecular formula is C18H22O3S. The van der Waals surface area contributed by atoms with Crippen molar-refractivity contribution in [3.63, 3.8) is 0 Å². The number of ether oxygens (including phenoxy) is 2. The van der Waals surface area contributed by atoms with E-state index in [0.29, 0.717) is 19.0 Å². The SMILES string of the molecule is CCC[S+]([O-])c1cc(OCCOc2ccccc2)ccc1C. The molecule has 1 atom stereocenters. The molecule has 2 rings (SSSR count). The number of hydrogen-bond acceptors (Lipinski definition) is 3. The Bertz CT molecular complexity index is 572. The molecule has 0 fully saturated rings. The zero-order chi connectivity index (χ0) is 15.8. The second-order valence-electron chi connectivity index (χ2n) is 4.99. The summed E-state index contributed by atoms with van der Waals surface area (Å²) in [6.07, 6.45) is 0.905. The van der Waals surface area contributed by atoms with Gasteiger partial charge < -0.3 is 14.0 Å². The standard InChI is InChI=1S/C18H22O3S/c1-3-13-22(19)18-14-17(10-9-15(18)2)21-12-11-20-16-7-5-4-6-8-16/h4-10,14H,3,11-13H2,1-2H3. The molecule has 0 spiro atoms. The van der Waals surface area contributed by atoms with Gasteiger partial charge in [-0.15, -0.1) is 0 Å². The van der Waals surface area contributed by atoms with E-state index in [2.05, 4.69) is 0 Å². The number of aryl methyl sites for hydroxylation is 1. The maximum absolute atomic E-state index is 12.2. The predicted octanol–water partition coefficient (Wildman–Crippen LogP) is 3.97. The summed E-state index contributed by atoms with van der Waals surface area (Å²) in [7, 11) is 0. The molecule has 4 heteroatoms. The van der Waals surface area contributed by atoms with Gasteiger partial charge in [-0.25, -0.2) is 0 Å². The highest BCUT2D eigenvalue weighted by Gasteiger charge is 2.14. The van der Waals surface area contributed by atoms with Gasteiger partial charge in [0, 0.05) is 11.6 Å².